The fraction of sp³-hybridized carbons (Fsp3) is 0.0556. The van der Waals surface area contributed by atoms with Gasteiger partial charge in [0.2, 0.25) is 0 Å². The van der Waals surface area contributed by atoms with E-state index >= 15 is 0 Å². The van der Waals surface area contributed by atoms with Gasteiger partial charge in [-0.05, 0) is 52.5 Å². The Morgan fingerprint density at radius 3 is 2.71 bits per heavy atom. The topological polar surface area (TPSA) is 65.8 Å². The van der Waals surface area contributed by atoms with Crippen molar-refractivity contribution in [3.8, 4) is 28.3 Å². The molecule has 116 valence electrons. The van der Waals surface area contributed by atoms with E-state index in [1.807, 2.05) is 17.5 Å². The third kappa shape index (κ3) is 2.27. The second-order valence-corrected chi connectivity index (χ2v) is 6.11. The van der Waals surface area contributed by atoms with Crippen LogP contribution in [0.1, 0.15) is 21.5 Å². The van der Waals surface area contributed by atoms with Gasteiger partial charge < -0.3 is 5.32 Å². The first kappa shape index (κ1) is 14.5. The number of hydrogen-bond acceptors (Lipinski definition) is 4. The van der Waals surface area contributed by atoms with Crippen LogP contribution in [-0.4, -0.2) is 10.3 Å². The van der Waals surface area contributed by atoms with Gasteiger partial charge in [-0.3, -0.25) is 4.79 Å². The quantitative estimate of drug-likeness (QED) is 0.776. The average Bonchev–Trinajstić information content (AvgIpc) is 3.24. The van der Waals surface area contributed by atoms with E-state index in [0.29, 0.717) is 23.2 Å². The summed E-state index contributed by atoms with van der Waals surface area (Å²) in [5.74, 6) is -0.646. The van der Waals surface area contributed by atoms with Crippen LogP contribution in [0.25, 0.3) is 22.3 Å². The van der Waals surface area contributed by atoms with Crippen LogP contribution in [0.4, 0.5) is 4.39 Å². The van der Waals surface area contributed by atoms with Crippen molar-refractivity contribution in [2.45, 2.75) is 6.54 Å². The molecule has 0 bridgehead atoms. The molecule has 0 radical (unpaired) electrons. The van der Waals surface area contributed by atoms with Crippen LogP contribution < -0.4 is 5.32 Å². The maximum atomic E-state index is 14.4. The molecule has 2 aromatic carbocycles. The Morgan fingerprint density at radius 1 is 1.17 bits per heavy atom. The summed E-state index contributed by atoms with van der Waals surface area (Å²) in [4.78, 5) is 12.1. The number of hydrogen-bond donors (Lipinski definition) is 1. The number of nitrogens with one attached hydrogen (secondary N) is 1. The Hall–Kier alpha value is -3.04. The molecule has 4 rings (SSSR count). The summed E-state index contributed by atoms with van der Waals surface area (Å²) in [6.45, 7) is 0.454. The monoisotopic (exact) mass is 335 g/mol. The minimum atomic E-state index is -0.484. The number of aromatic nitrogens is 1. The number of carbonyl (C=O) groups is 1. The van der Waals surface area contributed by atoms with Gasteiger partial charge in [0, 0.05) is 34.8 Å². The Morgan fingerprint density at radius 2 is 2.00 bits per heavy atom. The molecule has 0 spiro atoms. The summed E-state index contributed by atoms with van der Waals surface area (Å²) >= 11 is 1.32. The van der Waals surface area contributed by atoms with Crippen molar-refractivity contribution in [1.29, 1.82) is 5.26 Å². The molecule has 4 nitrogen and oxygen atoms in total. The number of nitrogens with zero attached hydrogens (tertiary/aromatic N) is 2. The van der Waals surface area contributed by atoms with Crippen LogP contribution in [0.2, 0.25) is 0 Å². The van der Waals surface area contributed by atoms with Crippen LogP contribution in [0.5, 0.6) is 0 Å². The van der Waals surface area contributed by atoms with E-state index in [0.717, 1.165) is 16.7 Å². The smallest absolute Gasteiger partial charge is 0.251 e. The lowest BCUT2D eigenvalue weighted by Crippen LogP contribution is -2.12. The van der Waals surface area contributed by atoms with Crippen molar-refractivity contribution >= 4 is 17.4 Å². The Bertz CT molecular complexity index is 1010. The van der Waals surface area contributed by atoms with Gasteiger partial charge in [-0.2, -0.15) is 5.26 Å². The first-order chi connectivity index (χ1) is 11.7. The van der Waals surface area contributed by atoms with Crippen molar-refractivity contribution < 1.29 is 9.18 Å². The molecule has 1 aliphatic rings. The minimum absolute atomic E-state index is 0.162. The first-order valence-electron chi connectivity index (χ1n) is 7.22. The van der Waals surface area contributed by atoms with Gasteiger partial charge in [-0.1, -0.05) is 6.07 Å². The molecule has 0 unspecified atom stereocenters. The highest BCUT2D eigenvalue weighted by atomic mass is 32.1. The van der Waals surface area contributed by atoms with Gasteiger partial charge in [0.15, 0.2) is 0 Å². The van der Waals surface area contributed by atoms with E-state index in [2.05, 4.69) is 9.69 Å². The molecule has 24 heavy (non-hydrogen) atoms. The molecular weight excluding hydrogens is 325 g/mol. The molecule has 1 aromatic heterocycles. The second kappa shape index (κ2) is 5.55. The van der Waals surface area contributed by atoms with Crippen LogP contribution in [-0.2, 0) is 6.54 Å². The fourth-order valence-electron chi connectivity index (χ4n) is 2.90. The Kier molecular flexibility index (Phi) is 3.36. The predicted octanol–water partition coefficient (Wildman–Crippen LogP) is 3.73. The van der Waals surface area contributed by atoms with E-state index in [1.54, 1.807) is 24.4 Å². The van der Waals surface area contributed by atoms with E-state index in [-0.39, 0.29) is 11.5 Å². The molecule has 0 atom stereocenters. The molecule has 3 aromatic rings. The zero-order chi connectivity index (χ0) is 16.7. The first-order valence-corrected chi connectivity index (χ1v) is 8.06. The minimum Gasteiger partial charge on any atom is -0.348 e. The SMILES string of the molecule is N#Cc1ccc(-c2cc3c(c(-c4cnsc4)c2)CNC3=O)c(F)c1. The molecule has 1 N–H and O–H groups in total. The summed E-state index contributed by atoms with van der Waals surface area (Å²) in [5, 5.41) is 13.6. The molecule has 1 aliphatic heterocycles. The number of nitriles is 1. The van der Waals surface area contributed by atoms with Gasteiger partial charge in [-0.25, -0.2) is 8.76 Å². The molecule has 6 heteroatoms. The number of rotatable bonds is 2. The number of carbonyl (C=O) groups excluding carboxylic acids is 1. The van der Waals surface area contributed by atoms with Crippen molar-refractivity contribution in [3.05, 3.63) is 64.4 Å². The third-order valence-electron chi connectivity index (χ3n) is 4.07. The standard InChI is InChI=1S/C18H10FN3OS/c19-17-3-10(6-20)1-2-13(17)11-4-14(12-7-22-24-9-12)16-8-21-18(23)15(16)5-11/h1-5,7,9H,8H2,(H,21,23). The maximum absolute atomic E-state index is 14.4. The molecule has 0 saturated carbocycles. The van der Waals surface area contributed by atoms with Crippen molar-refractivity contribution in [2.75, 3.05) is 0 Å². The third-order valence-corrected chi connectivity index (χ3v) is 4.66. The Labute approximate surface area is 141 Å². The van der Waals surface area contributed by atoms with E-state index in [9.17, 15) is 9.18 Å². The van der Waals surface area contributed by atoms with Gasteiger partial charge in [0.1, 0.15) is 5.82 Å². The zero-order valence-corrected chi connectivity index (χ0v) is 13.2. The maximum Gasteiger partial charge on any atom is 0.251 e. The van der Waals surface area contributed by atoms with E-state index in [4.69, 9.17) is 5.26 Å². The highest BCUT2D eigenvalue weighted by Crippen LogP contribution is 2.35. The number of fused-ring (bicyclic) bond motifs is 1. The molecule has 0 aliphatic carbocycles. The second-order valence-electron chi connectivity index (χ2n) is 5.45. The van der Waals surface area contributed by atoms with Gasteiger partial charge >= 0.3 is 0 Å². The molecule has 0 saturated heterocycles. The lowest BCUT2D eigenvalue weighted by Gasteiger charge is -2.10. The Balaban J connectivity index is 1.95. The molecular formula is C18H10FN3OS. The van der Waals surface area contributed by atoms with Gasteiger partial charge in [0.05, 0.1) is 11.6 Å². The molecule has 2 heterocycles. The fourth-order valence-corrected chi connectivity index (χ4v) is 3.44. The zero-order valence-electron chi connectivity index (χ0n) is 12.3. The number of benzene rings is 2. The summed E-state index contributed by atoms with van der Waals surface area (Å²) in [6.07, 6.45) is 1.74. The van der Waals surface area contributed by atoms with Crippen LogP contribution in [0.15, 0.2) is 41.9 Å². The van der Waals surface area contributed by atoms with E-state index in [1.165, 1.54) is 17.6 Å². The number of halogens is 1. The largest absolute Gasteiger partial charge is 0.348 e. The summed E-state index contributed by atoms with van der Waals surface area (Å²) < 4.78 is 18.5. The van der Waals surface area contributed by atoms with Crippen LogP contribution >= 0.6 is 11.5 Å². The van der Waals surface area contributed by atoms with Crippen molar-refractivity contribution in [1.82, 2.24) is 9.69 Å². The number of amides is 1. The normalized spacial score (nSPS) is 12.6. The average molecular weight is 335 g/mol. The highest BCUT2D eigenvalue weighted by molar-refractivity contribution is 7.03. The lowest BCUT2D eigenvalue weighted by molar-refractivity contribution is 0.0966. The predicted molar refractivity (Wildman–Crippen MR) is 88.8 cm³/mol. The van der Waals surface area contributed by atoms with Crippen molar-refractivity contribution in [3.63, 3.8) is 0 Å². The van der Waals surface area contributed by atoms with Crippen LogP contribution in [0, 0.1) is 17.1 Å². The molecule has 1 amide bonds. The lowest BCUT2D eigenvalue weighted by atomic mass is 9.92. The van der Waals surface area contributed by atoms with Crippen LogP contribution in [0.3, 0.4) is 0 Å². The van der Waals surface area contributed by atoms with Gasteiger partial charge in [0.25, 0.3) is 5.91 Å². The summed E-state index contributed by atoms with van der Waals surface area (Å²) in [5.41, 5.74) is 4.46. The van der Waals surface area contributed by atoms with Crippen molar-refractivity contribution in [2.24, 2.45) is 0 Å². The summed E-state index contributed by atoms with van der Waals surface area (Å²) in [6, 6.07) is 9.82. The molecule has 0 fully saturated rings. The summed E-state index contributed by atoms with van der Waals surface area (Å²) in [7, 11) is 0. The van der Waals surface area contributed by atoms with E-state index < -0.39 is 5.82 Å². The van der Waals surface area contributed by atoms with Gasteiger partial charge in [-0.15, -0.1) is 0 Å². The highest BCUT2D eigenvalue weighted by Gasteiger charge is 2.24.